The number of hydrogen-bond acceptors (Lipinski definition) is 4. The second-order valence-electron chi connectivity index (χ2n) is 16.0. The molecule has 1 amide bonds. The van der Waals surface area contributed by atoms with E-state index in [0.29, 0.717) is 12.8 Å². The van der Waals surface area contributed by atoms with Crippen LogP contribution in [0, 0.1) is 0 Å². The van der Waals surface area contributed by atoms with E-state index in [0.717, 1.165) is 32.1 Å². The molecule has 0 aliphatic rings. The van der Waals surface area contributed by atoms with Crippen molar-refractivity contribution in [2.45, 2.75) is 276 Å². The quantitative estimate of drug-likeness (QED) is 0.0475. The number of nitrogens with one attached hydrogen (secondary N) is 1. The molecule has 0 saturated carbocycles. The molecule has 0 fully saturated rings. The highest BCUT2D eigenvalue weighted by atomic mass is 16.3. The van der Waals surface area contributed by atoms with Crippen LogP contribution in [0.2, 0.25) is 0 Å². The van der Waals surface area contributed by atoms with Crippen molar-refractivity contribution in [3.05, 3.63) is 0 Å². The zero-order valence-corrected chi connectivity index (χ0v) is 34.1. The van der Waals surface area contributed by atoms with E-state index in [2.05, 4.69) is 19.2 Å². The summed E-state index contributed by atoms with van der Waals surface area (Å²) in [5.74, 6) is -0.139. The highest BCUT2D eigenvalue weighted by Gasteiger charge is 2.26. The van der Waals surface area contributed by atoms with E-state index < -0.39 is 18.2 Å². The van der Waals surface area contributed by atoms with Crippen molar-refractivity contribution in [3.63, 3.8) is 0 Å². The van der Waals surface area contributed by atoms with Crippen LogP contribution < -0.4 is 5.32 Å². The molecular weight excluding hydrogens is 618 g/mol. The first kappa shape index (κ1) is 49.4. The van der Waals surface area contributed by atoms with Gasteiger partial charge in [0.1, 0.15) is 6.10 Å². The van der Waals surface area contributed by atoms with Crippen molar-refractivity contribution in [1.29, 1.82) is 0 Å². The lowest BCUT2D eigenvalue weighted by Gasteiger charge is -2.26. The van der Waals surface area contributed by atoms with Crippen LogP contribution in [0.3, 0.4) is 0 Å². The Hall–Kier alpha value is -0.650. The summed E-state index contributed by atoms with van der Waals surface area (Å²) in [6.45, 7) is 4.20. The van der Waals surface area contributed by atoms with Gasteiger partial charge >= 0.3 is 0 Å². The van der Waals surface area contributed by atoms with E-state index in [-0.39, 0.29) is 12.5 Å². The Morgan fingerprint density at radius 2 is 0.680 bits per heavy atom. The van der Waals surface area contributed by atoms with E-state index in [1.165, 1.54) is 199 Å². The molecule has 0 saturated heterocycles. The molecule has 3 unspecified atom stereocenters. The van der Waals surface area contributed by atoms with E-state index in [9.17, 15) is 20.1 Å². The Labute approximate surface area is 313 Å². The third kappa shape index (κ3) is 35.7. The van der Waals surface area contributed by atoms with E-state index in [1.807, 2.05) is 0 Å². The van der Waals surface area contributed by atoms with Gasteiger partial charge in [0.05, 0.1) is 18.8 Å². The predicted octanol–water partition coefficient (Wildman–Crippen LogP) is 13.0. The van der Waals surface area contributed by atoms with Crippen molar-refractivity contribution in [1.82, 2.24) is 5.32 Å². The second kappa shape index (κ2) is 41.1. The molecule has 3 atom stereocenters. The molecule has 0 aliphatic carbocycles. The molecule has 50 heavy (non-hydrogen) atoms. The Morgan fingerprint density at radius 3 is 0.960 bits per heavy atom. The van der Waals surface area contributed by atoms with Gasteiger partial charge in [-0.15, -0.1) is 0 Å². The normalized spacial score (nSPS) is 13.5. The number of hydrogen-bond donors (Lipinski definition) is 4. The molecule has 0 rings (SSSR count). The highest BCUT2D eigenvalue weighted by molar-refractivity contribution is 5.76. The number of carbonyl (C=O) groups is 1. The van der Waals surface area contributed by atoms with Crippen LogP contribution in [0.1, 0.15) is 258 Å². The predicted molar refractivity (Wildman–Crippen MR) is 218 cm³/mol. The van der Waals surface area contributed by atoms with Crippen molar-refractivity contribution in [3.8, 4) is 0 Å². The number of aliphatic hydroxyl groups is 3. The molecule has 0 aliphatic heterocycles. The maximum Gasteiger partial charge on any atom is 0.220 e. The summed E-state index contributed by atoms with van der Waals surface area (Å²) in [5, 5.41) is 33.5. The summed E-state index contributed by atoms with van der Waals surface area (Å²) in [7, 11) is 0. The SMILES string of the molecule is CCCCCCCCCCCCCCCCCCCCCCCCCC(=O)NC(CO)C(O)C(O)CCCCCCCCCCCCCCC. The first-order valence-corrected chi connectivity index (χ1v) is 22.8. The molecule has 5 heteroatoms. The van der Waals surface area contributed by atoms with Crippen LogP contribution in [0.15, 0.2) is 0 Å². The number of unbranched alkanes of at least 4 members (excludes halogenated alkanes) is 34. The highest BCUT2D eigenvalue weighted by Crippen LogP contribution is 2.17. The van der Waals surface area contributed by atoms with Gasteiger partial charge in [-0.25, -0.2) is 0 Å². The minimum atomic E-state index is -1.13. The Bertz CT molecular complexity index is 659. The largest absolute Gasteiger partial charge is 0.394 e. The lowest BCUT2D eigenvalue weighted by atomic mass is 9.99. The molecular formula is C45H91NO4. The van der Waals surface area contributed by atoms with Crippen LogP contribution in [0.5, 0.6) is 0 Å². The van der Waals surface area contributed by atoms with Crippen molar-refractivity contribution in [2.24, 2.45) is 0 Å². The third-order valence-corrected chi connectivity index (χ3v) is 11.0. The fourth-order valence-electron chi connectivity index (χ4n) is 7.40. The number of amides is 1. The standard InChI is InChI=1S/C45H91NO4/c1-3-5-7-9-11-13-15-17-18-19-20-21-22-23-24-25-26-28-30-32-34-36-38-40-44(49)46-42(41-47)45(50)43(48)39-37-35-33-31-29-27-16-14-12-10-8-6-4-2/h42-43,45,47-48,50H,3-41H2,1-2H3,(H,46,49). The van der Waals surface area contributed by atoms with Gasteiger partial charge in [0.15, 0.2) is 0 Å². The summed E-state index contributed by atoms with van der Waals surface area (Å²) in [4.78, 5) is 12.4. The van der Waals surface area contributed by atoms with Gasteiger partial charge in [-0.05, 0) is 12.8 Å². The minimum absolute atomic E-state index is 0.139. The molecule has 0 bridgehead atoms. The lowest BCUT2D eigenvalue weighted by Crippen LogP contribution is -2.50. The van der Waals surface area contributed by atoms with Crippen LogP contribution in [-0.2, 0) is 4.79 Å². The number of carbonyl (C=O) groups excluding carboxylic acids is 1. The van der Waals surface area contributed by atoms with Crippen LogP contribution in [0.25, 0.3) is 0 Å². The first-order chi connectivity index (χ1) is 24.6. The smallest absolute Gasteiger partial charge is 0.220 e. The molecule has 0 aromatic rings. The number of rotatable bonds is 42. The lowest BCUT2D eigenvalue weighted by molar-refractivity contribution is -0.124. The minimum Gasteiger partial charge on any atom is -0.394 e. The van der Waals surface area contributed by atoms with Gasteiger partial charge < -0.3 is 20.6 Å². The van der Waals surface area contributed by atoms with Gasteiger partial charge in [0, 0.05) is 6.42 Å². The fraction of sp³-hybridized carbons (Fsp3) is 0.978. The molecule has 300 valence electrons. The van der Waals surface area contributed by atoms with Crippen LogP contribution >= 0.6 is 0 Å². The first-order valence-electron chi connectivity index (χ1n) is 22.8. The van der Waals surface area contributed by atoms with Crippen molar-refractivity contribution in [2.75, 3.05) is 6.61 Å². The fourth-order valence-corrected chi connectivity index (χ4v) is 7.40. The third-order valence-electron chi connectivity index (χ3n) is 11.0. The molecule has 5 nitrogen and oxygen atoms in total. The van der Waals surface area contributed by atoms with E-state index in [1.54, 1.807) is 0 Å². The summed E-state index contributed by atoms with van der Waals surface area (Å²) in [6, 6.07) is -0.802. The number of aliphatic hydroxyl groups excluding tert-OH is 3. The molecule has 0 aromatic carbocycles. The Morgan fingerprint density at radius 1 is 0.420 bits per heavy atom. The van der Waals surface area contributed by atoms with Crippen LogP contribution in [-0.4, -0.2) is 46.1 Å². The average Bonchev–Trinajstić information content (AvgIpc) is 3.12. The summed E-state index contributed by atoms with van der Waals surface area (Å²) in [6.07, 6.45) is 46.5. The molecule has 4 N–H and O–H groups in total. The topological polar surface area (TPSA) is 89.8 Å². The van der Waals surface area contributed by atoms with E-state index in [4.69, 9.17) is 0 Å². The zero-order valence-electron chi connectivity index (χ0n) is 34.1. The van der Waals surface area contributed by atoms with Gasteiger partial charge in [0.2, 0.25) is 5.91 Å². The Kier molecular flexibility index (Phi) is 40.6. The van der Waals surface area contributed by atoms with Crippen LogP contribution in [0.4, 0.5) is 0 Å². The average molecular weight is 710 g/mol. The van der Waals surface area contributed by atoms with Gasteiger partial charge in [-0.2, -0.15) is 0 Å². The maximum absolute atomic E-state index is 12.4. The molecule has 0 spiro atoms. The molecule has 0 aromatic heterocycles. The monoisotopic (exact) mass is 710 g/mol. The Balaban J connectivity index is 3.53. The van der Waals surface area contributed by atoms with Gasteiger partial charge in [-0.1, -0.05) is 239 Å². The van der Waals surface area contributed by atoms with Crippen molar-refractivity contribution >= 4 is 5.91 Å². The summed E-state index contributed by atoms with van der Waals surface area (Å²) >= 11 is 0. The zero-order chi connectivity index (χ0) is 36.6. The van der Waals surface area contributed by atoms with Crippen molar-refractivity contribution < 1.29 is 20.1 Å². The molecule has 0 radical (unpaired) electrons. The maximum atomic E-state index is 12.4. The summed E-state index contributed by atoms with van der Waals surface area (Å²) in [5.41, 5.74) is 0. The summed E-state index contributed by atoms with van der Waals surface area (Å²) < 4.78 is 0. The van der Waals surface area contributed by atoms with Gasteiger partial charge in [0.25, 0.3) is 0 Å². The van der Waals surface area contributed by atoms with E-state index >= 15 is 0 Å². The van der Waals surface area contributed by atoms with Gasteiger partial charge in [-0.3, -0.25) is 4.79 Å². The second-order valence-corrected chi connectivity index (χ2v) is 16.0. The molecule has 0 heterocycles.